The molecule has 0 radical (unpaired) electrons. The molecule has 0 atom stereocenters. The van der Waals surface area contributed by atoms with Crippen LogP contribution in [0.3, 0.4) is 0 Å². The highest BCUT2D eigenvalue weighted by Gasteiger charge is 2.11. The highest BCUT2D eigenvalue weighted by atomic mass is 16.1. The number of hydrogen-bond acceptors (Lipinski definition) is 2. The topological polar surface area (TPSA) is 29.1 Å². The van der Waals surface area contributed by atoms with E-state index in [1.807, 2.05) is 32.0 Å². The van der Waals surface area contributed by atoms with Crippen LogP contribution >= 0.6 is 0 Å². The van der Waals surface area contributed by atoms with Gasteiger partial charge in [0.2, 0.25) is 0 Å². The number of fused-ring (bicyclic) bond motifs is 1. The third kappa shape index (κ3) is 3.26. The van der Waals surface area contributed by atoms with Gasteiger partial charge in [-0.15, -0.1) is 0 Å². The van der Waals surface area contributed by atoms with Gasteiger partial charge in [-0.2, -0.15) is 0 Å². The average Bonchev–Trinajstić information content (AvgIpc) is 2.43. The first-order valence-corrected chi connectivity index (χ1v) is 7.28. The zero-order valence-electron chi connectivity index (χ0n) is 12.7. The van der Waals surface area contributed by atoms with Gasteiger partial charge in [-0.05, 0) is 22.4 Å². The van der Waals surface area contributed by atoms with Gasteiger partial charge in [0.05, 0.1) is 0 Å². The highest BCUT2D eigenvalue weighted by Crippen LogP contribution is 2.22. The minimum atomic E-state index is 0.0356. The summed E-state index contributed by atoms with van der Waals surface area (Å²) in [6.07, 6.45) is 0. The summed E-state index contributed by atoms with van der Waals surface area (Å²) in [6, 6.07) is 12.8. The van der Waals surface area contributed by atoms with Crippen LogP contribution in [0.4, 0.5) is 0 Å². The second-order valence-corrected chi connectivity index (χ2v) is 5.91. The van der Waals surface area contributed by atoms with E-state index in [0.29, 0.717) is 6.04 Å². The molecule has 2 aromatic carbocycles. The fraction of sp³-hybridized carbons (Fsp3) is 0.389. The predicted molar refractivity (Wildman–Crippen MR) is 85.1 cm³/mol. The summed E-state index contributed by atoms with van der Waals surface area (Å²) >= 11 is 0. The van der Waals surface area contributed by atoms with Crippen molar-refractivity contribution in [1.29, 1.82) is 0 Å². The molecule has 0 aromatic heterocycles. The fourth-order valence-corrected chi connectivity index (χ4v) is 2.29. The molecule has 2 rings (SSSR count). The first-order chi connectivity index (χ1) is 9.49. The lowest BCUT2D eigenvalue weighted by molar-refractivity contribution is 0.0939. The van der Waals surface area contributed by atoms with Gasteiger partial charge in [-0.3, -0.25) is 4.79 Å². The zero-order valence-corrected chi connectivity index (χ0v) is 12.7. The minimum absolute atomic E-state index is 0.0356. The summed E-state index contributed by atoms with van der Waals surface area (Å²) in [6.45, 7) is 8.99. The molecule has 0 aliphatic rings. The molecule has 0 saturated heterocycles. The first-order valence-electron chi connectivity index (χ1n) is 7.28. The normalized spacial score (nSPS) is 11.5. The maximum atomic E-state index is 12.1. The molecule has 0 heterocycles. The number of carbonyl (C=O) groups is 1. The van der Waals surface area contributed by atoms with Gasteiger partial charge in [0.1, 0.15) is 0 Å². The molecule has 0 aliphatic carbocycles. The molecule has 2 heteroatoms. The van der Waals surface area contributed by atoms with Crippen molar-refractivity contribution in [3.05, 3.63) is 47.5 Å². The van der Waals surface area contributed by atoms with Crippen molar-refractivity contribution in [1.82, 2.24) is 5.32 Å². The van der Waals surface area contributed by atoms with Crippen LogP contribution in [0.15, 0.2) is 36.4 Å². The molecule has 2 aromatic rings. The van der Waals surface area contributed by atoms with Gasteiger partial charge in [-0.1, -0.05) is 58.0 Å². The van der Waals surface area contributed by atoms with E-state index < -0.39 is 0 Å². The Morgan fingerprint density at radius 1 is 1.10 bits per heavy atom. The first kappa shape index (κ1) is 14.7. The van der Waals surface area contributed by atoms with Crippen molar-refractivity contribution in [3.8, 4) is 0 Å². The number of hydrogen-bond donors (Lipinski definition) is 1. The number of carbonyl (C=O) groups excluding carboxylic acids is 1. The third-order valence-corrected chi connectivity index (χ3v) is 3.48. The van der Waals surface area contributed by atoms with Crippen LogP contribution < -0.4 is 5.32 Å². The van der Waals surface area contributed by atoms with E-state index in [1.165, 1.54) is 16.3 Å². The Labute approximate surface area is 121 Å². The minimum Gasteiger partial charge on any atom is -0.310 e. The van der Waals surface area contributed by atoms with E-state index in [1.54, 1.807) is 0 Å². The van der Waals surface area contributed by atoms with E-state index in [-0.39, 0.29) is 11.7 Å². The summed E-state index contributed by atoms with van der Waals surface area (Å²) in [5, 5.41) is 5.80. The molecule has 0 fully saturated rings. The summed E-state index contributed by atoms with van der Waals surface area (Å²) < 4.78 is 0. The molecule has 0 bridgehead atoms. The van der Waals surface area contributed by atoms with Crippen molar-refractivity contribution in [2.45, 2.75) is 40.3 Å². The largest absolute Gasteiger partial charge is 0.310 e. The Morgan fingerprint density at radius 2 is 1.85 bits per heavy atom. The molecule has 0 aliphatic heterocycles. The maximum Gasteiger partial charge on any atom is 0.165 e. The van der Waals surface area contributed by atoms with E-state index in [0.717, 1.165) is 12.1 Å². The SMILES string of the molecule is CC(C)NCc1cccc2ccc(C(=O)C(C)C)cc12. The van der Waals surface area contributed by atoms with Crippen molar-refractivity contribution < 1.29 is 4.79 Å². The number of Topliss-reactive ketones (excluding diaryl/α,β-unsaturated/α-hetero) is 1. The molecular weight excluding hydrogens is 246 g/mol. The molecule has 2 nitrogen and oxygen atoms in total. The lowest BCUT2D eigenvalue weighted by Gasteiger charge is -2.12. The Bertz CT molecular complexity index is 614. The molecule has 20 heavy (non-hydrogen) atoms. The monoisotopic (exact) mass is 269 g/mol. The predicted octanol–water partition coefficient (Wildman–Crippen LogP) is 4.18. The second kappa shape index (κ2) is 6.19. The second-order valence-electron chi connectivity index (χ2n) is 5.91. The van der Waals surface area contributed by atoms with Crippen LogP contribution in [-0.2, 0) is 6.54 Å². The number of benzene rings is 2. The lowest BCUT2D eigenvalue weighted by atomic mass is 9.96. The van der Waals surface area contributed by atoms with Gasteiger partial charge in [0.25, 0.3) is 0 Å². The van der Waals surface area contributed by atoms with Crippen LogP contribution in [0, 0.1) is 5.92 Å². The van der Waals surface area contributed by atoms with E-state index in [9.17, 15) is 4.79 Å². The highest BCUT2D eigenvalue weighted by molar-refractivity contribution is 6.01. The molecular formula is C18H23NO. The number of rotatable bonds is 5. The molecule has 0 saturated carbocycles. The van der Waals surface area contributed by atoms with Crippen LogP contribution in [0.2, 0.25) is 0 Å². The maximum absolute atomic E-state index is 12.1. The van der Waals surface area contributed by atoms with Gasteiger partial charge >= 0.3 is 0 Å². The molecule has 1 N–H and O–H groups in total. The van der Waals surface area contributed by atoms with E-state index in [4.69, 9.17) is 0 Å². The van der Waals surface area contributed by atoms with Gasteiger partial charge < -0.3 is 5.32 Å². The van der Waals surface area contributed by atoms with Gasteiger partial charge in [-0.25, -0.2) is 0 Å². The molecule has 106 valence electrons. The van der Waals surface area contributed by atoms with Crippen LogP contribution in [0.25, 0.3) is 10.8 Å². The van der Waals surface area contributed by atoms with Crippen molar-refractivity contribution in [3.63, 3.8) is 0 Å². The summed E-state index contributed by atoms with van der Waals surface area (Å²) in [5.74, 6) is 0.243. The van der Waals surface area contributed by atoms with Crippen LogP contribution in [-0.4, -0.2) is 11.8 Å². The lowest BCUT2D eigenvalue weighted by Crippen LogP contribution is -2.21. The zero-order chi connectivity index (χ0) is 14.7. The number of nitrogens with one attached hydrogen (secondary N) is 1. The van der Waals surface area contributed by atoms with Gasteiger partial charge in [0, 0.05) is 24.1 Å². The van der Waals surface area contributed by atoms with Gasteiger partial charge in [0.15, 0.2) is 5.78 Å². The average molecular weight is 269 g/mol. The Balaban J connectivity index is 2.43. The summed E-state index contributed by atoms with van der Waals surface area (Å²) in [4.78, 5) is 12.1. The third-order valence-electron chi connectivity index (χ3n) is 3.48. The van der Waals surface area contributed by atoms with E-state index >= 15 is 0 Å². The smallest absolute Gasteiger partial charge is 0.165 e. The Hall–Kier alpha value is -1.67. The quantitative estimate of drug-likeness (QED) is 0.825. The fourth-order valence-electron chi connectivity index (χ4n) is 2.29. The van der Waals surface area contributed by atoms with Crippen LogP contribution in [0.1, 0.15) is 43.6 Å². The van der Waals surface area contributed by atoms with E-state index in [2.05, 4.69) is 37.4 Å². The molecule has 0 unspecified atom stereocenters. The van der Waals surface area contributed by atoms with Crippen molar-refractivity contribution in [2.24, 2.45) is 5.92 Å². The molecule has 0 amide bonds. The Kier molecular flexibility index (Phi) is 4.56. The van der Waals surface area contributed by atoms with Crippen molar-refractivity contribution in [2.75, 3.05) is 0 Å². The molecule has 0 spiro atoms. The van der Waals surface area contributed by atoms with Crippen LogP contribution in [0.5, 0.6) is 0 Å². The number of ketones is 1. The standard InChI is InChI=1S/C18H23NO/c1-12(2)18(20)15-9-8-14-6-5-7-16(17(14)10-15)11-19-13(3)4/h5-10,12-13,19H,11H2,1-4H3. The summed E-state index contributed by atoms with van der Waals surface area (Å²) in [5.41, 5.74) is 2.05. The van der Waals surface area contributed by atoms with Crippen molar-refractivity contribution >= 4 is 16.6 Å². The Morgan fingerprint density at radius 3 is 2.50 bits per heavy atom. The summed E-state index contributed by atoms with van der Waals surface area (Å²) in [7, 11) is 0.